The van der Waals surface area contributed by atoms with Gasteiger partial charge >= 0.3 is 0 Å². The van der Waals surface area contributed by atoms with Crippen molar-refractivity contribution in [3.63, 3.8) is 0 Å². The van der Waals surface area contributed by atoms with Crippen LogP contribution in [-0.2, 0) is 4.79 Å². The smallest absolute Gasteiger partial charge is 0.244 e. The maximum atomic E-state index is 11.8. The Balaban J connectivity index is 1.93. The highest BCUT2D eigenvalue weighted by atomic mass is 16.3. The zero-order chi connectivity index (χ0) is 14.4. The first-order valence-corrected chi connectivity index (χ1v) is 6.82. The zero-order valence-electron chi connectivity index (χ0n) is 11.2. The van der Waals surface area contributed by atoms with Gasteiger partial charge in [0, 0.05) is 24.6 Å². The van der Waals surface area contributed by atoms with Crippen LogP contribution in [0.5, 0.6) is 0 Å². The quantitative estimate of drug-likeness (QED) is 0.820. The fourth-order valence-corrected chi connectivity index (χ4v) is 2.56. The molecule has 2 atom stereocenters. The Hall–Kier alpha value is -2.12. The minimum Gasteiger partial charge on any atom is -0.396 e. The molecule has 4 heteroatoms. The van der Waals surface area contributed by atoms with E-state index in [0.29, 0.717) is 5.56 Å². The number of benzene rings is 1. The summed E-state index contributed by atoms with van der Waals surface area (Å²) in [6.07, 6.45) is 6.11. The number of rotatable bonds is 4. The minimum atomic E-state index is -0.155. The molecule has 104 valence electrons. The van der Waals surface area contributed by atoms with Gasteiger partial charge in [-0.3, -0.25) is 4.79 Å². The van der Waals surface area contributed by atoms with Crippen molar-refractivity contribution in [1.29, 1.82) is 5.26 Å². The molecule has 4 nitrogen and oxygen atoms in total. The molecule has 1 saturated carbocycles. The molecule has 2 N–H and O–H groups in total. The monoisotopic (exact) mass is 270 g/mol. The largest absolute Gasteiger partial charge is 0.396 e. The van der Waals surface area contributed by atoms with Crippen LogP contribution >= 0.6 is 0 Å². The van der Waals surface area contributed by atoms with Crippen molar-refractivity contribution in [2.45, 2.75) is 25.3 Å². The standard InChI is InChI=1S/C16H18N2O2/c17-10-13-4-1-3-12(9-13)7-8-16(20)18-15-6-2-5-14(15)11-19/h1,3-4,7-9,14-15,19H,2,5-6,11H2,(H,18,20)/b8-7+. The first kappa shape index (κ1) is 14.3. The van der Waals surface area contributed by atoms with E-state index in [9.17, 15) is 9.90 Å². The summed E-state index contributed by atoms with van der Waals surface area (Å²) >= 11 is 0. The van der Waals surface area contributed by atoms with E-state index >= 15 is 0 Å². The van der Waals surface area contributed by atoms with E-state index < -0.39 is 0 Å². The summed E-state index contributed by atoms with van der Waals surface area (Å²) in [6, 6.07) is 9.22. The van der Waals surface area contributed by atoms with Crippen molar-refractivity contribution in [1.82, 2.24) is 5.32 Å². The number of nitrogens with one attached hydrogen (secondary N) is 1. The molecule has 1 aromatic carbocycles. The predicted octanol–water partition coefficient (Wildman–Crippen LogP) is 1.85. The second-order valence-corrected chi connectivity index (χ2v) is 5.06. The summed E-state index contributed by atoms with van der Waals surface area (Å²) in [4.78, 5) is 11.8. The van der Waals surface area contributed by atoms with Crippen LogP contribution in [-0.4, -0.2) is 23.7 Å². The second-order valence-electron chi connectivity index (χ2n) is 5.06. The molecular weight excluding hydrogens is 252 g/mol. The van der Waals surface area contributed by atoms with Gasteiger partial charge < -0.3 is 10.4 Å². The first-order chi connectivity index (χ1) is 9.72. The predicted molar refractivity (Wildman–Crippen MR) is 76.5 cm³/mol. The van der Waals surface area contributed by atoms with Gasteiger partial charge in [-0.1, -0.05) is 18.6 Å². The normalized spacial score (nSPS) is 21.8. The SMILES string of the molecule is N#Cc1cccc(/C=C/C(=O)NC2CCCC2CO)c1. The Morgan fingerprint density at radius 3 is 3.10 bits per heavy atom. The summed E-state index contributed by atoms with van der Waals surface area (Å²) in [5.41, 5.74) is 1.40. The molecule has 1 aliphatic rings. The third-order valence-electron chi connectivity index (χ3n) is 3.66. The minimum absolute atomic E-state index is 0.0718. The zero-order valence-corrected chi connectivity index (χ0v) is 11.2. The van der Waals surface area contributed by atoms with Crippen molar-refractivity contribution < 1.29 is 9.90 Å². The third kappa shape index (κ3) is 3.69. The summed E-state index contributed by atoms with van der Waals surface area (Å²) in [6.45, 7) is 0.124. The lowest BCUT2D eigenvalue weighted by Gasteiger charge is -2.17. The first-order valence-electron chi connectivity index (χ1n) is 6.82. The average molecular weight is 270 g/mol. The molecule has 0 spiro atoms. The Labute approximate surface area is 118 Å². The number of nitriles is 1. The van der Waals surface area contributed by atoms with E-state index in [2.05, 4.69) is 11.4 Å². The summed E-state index contributed by atoms with van der Waals surface area (Å²) in [5, 5.41) is 21.0. The molecule has 0 bridgehead atoms. The number of aliphatic hydroxyl groups is 1. The van der Waals surface area contributed by atoms with Crippen LogP contribution in [0.15, 0.2) is 30.3 Å². The van der Waals surface area contributed by atoms with Crippen LogP contribution in [0, 0.1) is 17.2 Å². The van der Waals surface area contributed by atoms with Gasteiger partial charge in [-0.15, -0.1) is 0 Å². The third-order valence-corrected chi connectivity index (χ3v) is 3.66. The summed E-state index contributed by atoms with van der Waals surface area (Å²) in [7, 11) is 0. The van der Waals surface area contributed by atoms with E-state index in [1.165, 1.54) is 6.08 Å². The van der Waals surface area contributed by atoms with Gasteiger partial charge in [0.25, 0.3) is 0 Å². The Morgan fingerprint density at radius 2 is 2.35 bits per heavy atom. The van der Waals surface area contributed by atoms with Crippen molar-refractivity contribution in [3.8, 4) is 6.07 Å². The maximum absolute atomic E-state index is 11.8. The molecule has 0 aliphatic heterocycles. The van der Waals surface area contributed by atoms with E-state index in [1.54, 1.807) is 24.3 Å². The van der Waals surface area contributed by atoms with Gasteiger partial charge in [0.1, 0.15) is 0 Å². The van der Waals surface area contributed by atoms with Gasteiger partial charge in [0.2, 0.25) is 5.91 Å². The van der Waals surface area contributed by atoms with Crippen LogP contribution in [0.3, 0.4) is 0 Å². The average Bonchev–Trinajstić information content (AvgIpc) is 2.92. The van der Waals surface area contributed by atoms with Crippen molar-refractivity contribution in [3.05, 3.63) is 41.5 Å². The van der Waals surface area contributed by atoms with E-state index in [0.717, 1.165) is 24.8 Å². The number of amides is 1. The molecule has 2 rings (SSSR count). The van der Waals surface area contributed by atoms with Crippen LogP contribution in [0.2, 0.25) is 0 Å². The van der Waals surface area contributed by atoms with Gasteiger partial charge in [-0.05, 0) is 36.6 Å². The van der Waals surface area contributed by atoms with E-state index in [-0.39, 0.29) is 24.5 Å². The molecule has 20 heavy (non-hydrogen) atoms. The number of carbonyl (C=O) groups is 1. The second kappa shape index (κ2) is 6.88. The van der Waals surface area contributed by atoms with Gasteiger partial charge in [-0.25, -0.2) is 0 Å². The summed E-state index contributed by atoms with van der Waals surface area (Å²) < 4.78 is 0. The molecular formula is C16H18N2O2. The van der Waals surface area contributed by atoms with Crippen LogP contribution in [0.4, 0.5) is 0 Å². The fourth-order valence-electron chi connectivity index (χ4n) is 2.56. The van der Waals surface area contributed by atoms with Crippen molar-refractivity contribution in [2.75, 3.05) is 6.61 Å². The topological polar surface area (TPSA) is 73.1 Å². The van der Waals surface area contributed by atoms with Crippen LogP contribution in [0.1, 0.15) is 30.4 Å². The lowest BCUT2D eigenvalue weighted by Crippen LogP contribution is -2.37. The fraction of sp³-hybridized carbons (Fsp3) is 0.375. The van der Waals surface area contributed by atoms with Crippen molar-refractivity contribution in [2.24, 2.45) is 5.92 Å². The Morgan fingerprint density at radius 1 is 1.50 bits per heavy atom. The number of hydrogen-bond donors (Lipinski definition) is 2. The molecule has 1 fully saturated rings. The highest BCUT2D eigenvalue weighted by molar-refractivity contribution is 5.92. The molecule has 0 aromatic heterocycles. The van der Waals surface area contributed by atoms with Crippen molar-refractivity contribution >= 4 is 12.0 Å². The van der Waals surface area contributed by atoms with Gasteiger partial charge in [0.05, 0.1) is 11.6 Å². The Bertz CT molecular complexity index is 546. The maximum Gasteiger partial charge on any atom is 0.244 e. The number of hydrogen-bond acceptors (Lipinski definition) is 3. The van der Waals surface area contributed by atoms with Gasteiger partial charge in [-0.2, -0.15) is 5.26 Å². The molecule has 1 aliphatic carbocycles. The number of aliphatic hydroxyl groups excluding tert-OH is 1. The lowest BCUT2D eigenvalue weighted by atomic mass is 10.1. The Kier molecular flexibility index (Phi) is 4.91. The lowest BCUT2D eigenvalue weighted by molar-refractivity contribution is -0.117. The van der Waals surface area contributed by atoms with Crippen LogP contribution in [0.25, 0.3) is 6.08 Å². The highest BCUT2D eigenvalue weighted by Crippen LogP contribution is 2.24. The van der Waals surface area contributed by atoms with Crippen LogP contribution < -0.4 is 5.32 Å². The van der Waals surface area contributed by atoms with Gasteiger partial charge in [0.15, 0.2) is 0 Å². The molecule has 0 heterocycles. The highest BCUT2D eigenvalue weighted by Gasteiger charge is 2.27. The molecule has 1 amide bonds. The molecule has 1 aromatic rings. The molecule has 0 saturated heterocycles. The summed E-state index contributed by atoms with van der Waals surface area (Å²) in [5.74, 6) is 0.0203. The molecule has 0 radical (unpaired) electrons. The number of carbonyl (C=O) groups excluding carboxylic acids is 1. The van der Waals surface area contributed by atoms with E-state index in [4.69, 9.17) is 5.26 Å². The number of nitrogens with zero attached hydrogens (tertiary/aromatic N) is 1. The van der Waals surface area contributed by atoms with E-state index in [1.807, 2.05) is 6.07 Å². The molecule has 2 unspecified atom stereocenters.